The minimum atomic E-state index is -0.587. The molecular formula is C17H20N2O3. The number of benzene rings is 2. The molecule has 0 unspecified atom stereocenters. The maximum absolute atomic E-state index is 11.5. The number of rotatable bonds is 5. The first-order valence-electron chi connectivity index (χ1n) is 7.10. The Labute approximate surface area is 130 Å². The van der Waals surface area contributed by atoms with Gasteiger partial charge in [0.15, 0.2) is 0 Å². The second-order valence-corrected chi connectivity index (χ2v) is 4.78. The molecule has 5 nitrogen and oxygen atoms in total. The van der Waals surface area contributed by atoms with Gasteiger partial charge >= 0.3 is 6.09 Å². The number of nitrogens with zero attached hydrogens (tertiary/aromatic N) is 1. The summed E-state index contributed by atoms with van der Waals surface area (Å²) in [5.41, 5.74) is 2.87. The van der Waals surface area contributed by atoms with Gasteiger partial charge in [0.1, 0.15) is 12.4 Å². The fourth-order valence-electron chi connectivity index (χ4n) is 1.93. The number of hydrazine groups is 1. The molecule has 0 aliphatic carbocycles. The number of hydrogen-bond donors (Lipinski definition) is 1. The smallest absolute Gasteiger partial charge is 0.428 e. The van der Waals surface area contributed by atoms with E-state index in [0.29, 0.717) is 18.0 Å². The average molecular weight is 300 g/mol. The maximum atomic E-state index is 11.5. The van der Waals surface area contributed by atoms with Crippen molar-refractivity contribution in [2.45, 2.75) is 20.5 Å². The largest absolute Gasteiger partial charge is 0.489 e. The zero-order valence-corrected chi connectivity index (χ0v) is 12.8. The van der Waals surface area contributed by atoms with Crippen molar-refractivity contribution in [1.29, 1.82) is 0 Å². The SMILES string of the molecule is CCOC(=O)N(N)c1ccc(OCc2ccccc2C)cc1. The minimum Gasteiger partial charge on any atom is -0.489 e. The van der Waals surface area contributed by atoms with Crippen molar-refractivity contribution >= 4 is 11.8 Å². The molecule has 1 amide bonds. The highest BCUT2D eigenvalue weighted by Gasteiger charge is 2.12. The Hall–Kier alpha value is -2.53. The second-order valence-electron chi connectivity index (χ2n) is 4.78. The molecule has 22 heavy (non-hydrogen) atoms. The zero-order valence-electron chi connectivity index (χ0n) is 12.8. The van der Waals surface area contributed by atoms with Crippen LogP contribution in [0.25, 0.3) is 0 Å². The molecule has 5 heteroatoms. The standard InChI is InChI=1S/C17H20N2O3/c1-3-21-17(20)19(18)15-8-10-16(11-9-15)22-12-14-7-5-4-6-13(14)2/h4-11H,3,12,18H2,1-2H3. The van der Waals surface area contributed by atoms with Gasteiger partial charge in [0.2, 0.25) is 0 Å². The molecule has 0 saturated carbocycles. The highest BCUT2D eigenvalue weighted by atomic mass is 16.6. The topological polar surface area (TPSA) is 64.8 Å². The van der Waals surface area contributed by atoms with Gasteiger partial charge in [-0.1, -0.05) is 24.3 Å². The monoisotopic (exact) mass is 300 g/mol. The van der Waals surface area contributed by atoms with E-state index in [-0.39, 0.29) is 6.61 Å². The van der Waals surface area contributed by atoms with Crippen LogP contribution in [-0.4, -0.2) is 12.7 Å². The van der Waals surface area contributed by atoms with Crippen molar-refractivity contribution in [3.63, 3.8) is 0 Å². The molecule has 0 saturated heterocycles. The van der Waals surface area contributed by atoms with Gasteiger partial charge in [-0.3, -0.25) is 0 Å². The molecule has 0 aliphatic rings. The fourth-order valence-corrected chi connectivity index (χ4v) is 1.93. The Morgan fingerprint density at radius 2 is 1.82 bits per heavy atom. The van der Waals surface area contributed by atoms with E-state index in [2.05, 4.69) is 0 Å². The van der Waals surface area contributed by atoms with Gasteiger partial charge in [-0.15, -0.1) is 0 Å². The molecule has 0 aromatic heterocycles. The lowest BCUT2D eigenvalue weighted by molar-refractivity contribution is 0.160. The van der Waals surface area contributed by atoms with Crippen molar-refractivity contribution in [3.05, 3.63) is 59.7 Å². The lowest BCUT2D eigenvalue weighted by Gasteiger charge is -2.16. The van der Waals surface area contributed by atoms with Gasteiger partial charge in [-0.25, -0.2) is 15.6 Å². The molecule has 2 aromatic carbocycles. The predicted molar refractivity (Wildman–Crippen MR) is 85.6 cm³/mol. The fraction of sp³-hybridized carbons (Fsp3) is 0.235. The predicted octanol–water partition coefficient (Wildman–Crippen LogP) is 3.41. The number of aryl methyl sites for hydroxylation is 1. The average Bonchev–Trinajstić information content (AvgIpc) is 2.54. The van der Waals surface area contributed by atoms with Crippen LogP contribution < -0.4 is 15.6 Å². The first-order valence-corrected chi connectivity index (χ1v) is 7.10. The zero-order chi connectivity index (χ0) is 15.9. The number of hydrogen-bond acceptors (Lipinski definition) is 4. The summed E-state index contributed by atoms with van der Waals surface area (Å²) in [6, 6.07) is 15.0. The van der Waals surface area contributed by atoms with E-state index in [1.54, 1.807) is 31.2 Å². The van der Waals surface area contributed by atoms with Crippen LogP contribution in [0.2, 0.25) is 0 Å². The Bertz CT molecular complexity index is 626. The normalized spacial score (nSPS) is 10.1. The number of ether oxygens (including phenoxy) is 2. The van der Waals surface area contributed by atoms with E-state index in [4.69, 9.17) is 15.3 Å². The van der Waals surface area contributed by atoms with Crippen molar-refractivity contribution < 1.29 is 14.3 Å². The van der Waals surface area contributed by atoms with E-state index in [9.17, 15) is 4.79 Å². The molecule has 2 rings (SSSR count). The van der Waals surface area contributed by atoms with Crippen molar-refractivity contribution in [2.75, 3.05) is 11.6 Å². The number of carbonyl (C=O) groups is 1. The number of carbonyl (C=O) groups excluding carboxylic acids is 1. The third-order valence-corrected chi connectivity index (χ3v) is 3.23. The first kappa shape index (κ1) is 15.9. The van der Waals surface area contributed by atoms with Crippen molar-refractivity contribution in [1.82, 2.24) is 0 Å². The molecular weight excluding hydrogens is 280 g/mol. The molecule has 0 spiro atoms. The third-order valence-electron chi connectivity index (χ3n) is 3.23. The Morgan fingerprint density at radius 1 is 1.14 bits per heavy atom. The van der Waals surface area contributed by atoms with Gasteiger partial charge in [-0.2, -0.15) is 0 Å². The number of anilines is 1. The molecule has 0 aliphatic heterocycles. The highest BCUT2D eigenvalue weighted by molar-refractivity contribution is 5.86. The third kappa shape index (κ3) is 3.99. The van der Waals surface area contributed by atoms with E-state index in [1.807, 2.05) is 31.2 Å². The van der Waals surface area contributed by atoms with Crippen LogP contribution in [0.4, 0.5) is 10.5 Å². The second kappa shape index (κ2) is 7.47. The lowest BCUT2D eigenvalue weighted by Crippen LogP contribution is -2.37. The molecule has 0 heterocycles. The van der Waals surface area contributed by atoms with E-state index in [0.717, 1.165) is 10.6 Å². The van der Waals surface area contributed by atoms with Crippen LogP contribution in [0.3, 0.4) is 0 Å². The molecule has 0 atom stereocenters. The summed E-state index contributed by atoms with van der Waals surface area (Å²) in [5, 5.41) is 0.967. The summed E-state index contributed by atoms with van der Waals surface area (Å²) in [6.07, 6.45) is -0.587. The van der Waals surface area contributed by atoms with Crippen LogP contribution >= 0.6 is 0 Å². The molecule has 0 fully saturated rings. The van der Waals surface area contributed by atoms with E-state index < -0.39 is 6.09 Å². The Balaban J connectivity index is 1.97. The summed E-state index contributed by atoms with van der Waals surface area (Å²) in [4.78, 5) is 11.5. The summed E-state index contributed by atoms with van der Waals surface area (Å²) in [6.45, 7) is 4.56. The van der Waals surface area contributed by atoms with Crippen molar-refractivity contribution in [2.24, 2.45) is 5.84 Å². The van der Waals surface area contributed by atoms with Gasteiger partial charge in [0.25, 0.3) is 0 Å². The summed E-state index contributed by atoms with van der Waals surface area (Å²) in [7, 11) is 0. The van der Waals surface area contributed by atoms with Gasteiger partial charge in [-0.05, 0) is 49.2 Å². The highest BCUT2D eigenvalue weighted by Crippen LogP contribution is 2.19. The molecule has 2 aromatic rings. The van der Waals surface area contributed by atoms with Crippen LogP contribution in [0.15, 0.2) is 48.5 Å². The van der Waals surface area contributed by atoms with Gasteiger partial charge < -0.3 is 9.47 Å². The van der Waals surface area contributed by atoms with E-state index in [1.165, 1.54) is 5.56 Å². The van der Waals surface area contributed by atoms with Crippen LogP contribution in [0, 0.1) is 6.92 Å². The van der Waals surface area contributed by atoms with Gasteiger partial charge in [0.05, 0.1) is 12.3 Å². The van der Waals surface area contributed by atoms with Crippen LogP contribution in [-0.2, 0) is 11.3 Å². The summed E-state index contributed by atoms with van der Waals surface area (Å²) >= 11 is 0. The van der Waals surface area contributed by atoms with Crippen LogP contribution in [0.1, 0.15) is 18.1 Å². The maximum Gasteiger partial charge on any atom is 0.428 e. The summed E-state index contributed by atoms with van der Waals surface area (Å²) in [5.74, 6) is 6.39. The van der Waals surface area contributed by atoms with Gasteiger partial charge in [0, 0.05) is 0 Å². The quantitative estimate of drug-likeness (QED) is 0.522. The Morgan fingerprint density at radius 3 is 2.45 bits per heavy atom. The van der Waals surface area contributed by atoms with Crippen LogP contribution in [0.5, 0.6) is 5.75 Å². The molecule has 0 bridgehead atoms. The lowest BCUT2D eigenvalue weighted by atomic mass is 10.1. The molecule has 116 valence electrons. The number of amides is 1. The van der Waals surface area contributed by atoms with E-state index >= 15 is 0 Å². The first-order chi connectivity index (χ1) is 10.6. The Kier molecular flexibility index (Phi) is 5.38. The molecule has 0 radical (unpaired) electrons. The molecule has 2 N–H and O–H groups in total. The minimum absolute atomic E-state index is 0.282. The number of nitrogens with two attached hydrogens (primary N) is 1. The summed E-state index contributed by atoms with van der Waals surface area (Å²) < 4.78 is 10.6. The van der Waals surface area contributed by atoms with Crippen molar-refractivity contribution in [3.8, 4) is 5.75 Å².